The molecule has 2 aliphatic heterocycles. The zero-order valence-corrected chi connectivity index (χ0v) is 18.0. The normalized spacial score (nSPS) is 16.2. The fraction of sp³-hybridized carbons (Fsp3) is 0.400. The third-order valence-corrected chi connectivity index (χ3v) is 5.90. The highest BCUT2D eigenvalue weighted by Crippen LogP contribution is 2.31. The number of nitrogens with zero attached hydrogens (tertiary/aromatic N) is 1. The average molecular weight is 437 g/mol. The Morgan fingerprint density at radius 2 is 1.62 bits per heavy atom. The van der Waals surface area contributed by atoms with Crippen molar-refractivity contribution in [1.82, 2.24) is 4.90 Å². The Morgan fingerprint density at radius 1 is 0.906 bits per heavy atom. The van der Waals surface area contributed by atoms with Gasteiger partial charge in [0.05, 0.1) is 13.2 Å². The van der Waals surface area contributed by atoms with E-state index in [1.165, 1.54) is 0 Å². The van der Waals surface area contributed by atoms with Crippen LogP contribution in [0.3, 0.4) is 0 Å². The average Bonchev–Trinajstić information content (AvgIpc) is 3.08. The first kappa shape index (κ1) is 21.9. The van der Waals surface area contributed by atoms with Gasteiger partial charge < -0.3 is 19.7 Å². The number of nitrogens with one attached hydrogen (secondary N) is 1. The number of carbonyl (C=O) groups is 3. The Hall–Kier alpha value is -3.35. The molecule has 0 spiro atoms. The molecule has 0 unspecified atom stereocenters. The van der Waals surface area contributed by atoms with Crippen molar-refractivity contribution in [2.45, 2.75) is 32.1 Å². The second kappa shape index (κ2) is 10.3. The molecule has 2 aromatic rings. The van der Waals surface area contributed by atoms with E-state index in [0.717, 1.165) is 12.1 Å². The Morgan fingerprint density at radius 3 is 2.38 bits per heavy atom. The maximum Gasteiger partial charge on any atom is 0.227 e. The molecule has 0 atom stereocenters. The summed E-state index contributed by atoms with van der Waals surface area (Å²) in [7, 11) is 0. The minimum Gasteiger partial charge on any atom is -0.490 e. The van der Waals surface area contributed by atoms with E-state index in [1.807, 2.05) is 30.3 Å². The number of likely N-dealkylation sites (tertiary alicyclic amines) is 1. The molecule has 0 aliphatic carbocycles. The third-order valence-electron chi connectivity index (χ3n) is 5.90. The molecule has 32 heavy (non-hydrogen) atoms. The van der Waals surface area contributed by atoms with Gasteiger partial charge in [-0.25, -0.2) is 0 Å². The standard InChI is InChI=1S/C25H28N2O5/c28-21(19-7-9-22-23(17-19)32-16-4-15-31-22)8-10-24(29)27-13-11-18(12-14-27)25(30)26-20-5-2-1-3-6-20/h1-3,5-7,9,17-18H,4,8,10-16H2,(H,26,30). The first-order valence-corrected chi connectivity index (χ1v) is 11.2. The summed E-state index contributed by atoms with van der Waals surface area (Å²) in [5, 5.41) is 2.93. The van der Waals surface area contributed by atoms with E-state index in [4.69, 9.17) is 9.47 Å². The van der Waals surface area contributed by atoms with E-state index in [1.54, 1.807) is 23.1 Å². The molecule has 2 aromatic carbocycles. The topological polar surface area (TPSA) is 84.9 Å². The van der Waals surface area contributed by atoms with Crippen molar-refractivity contribution in [3.63, 3.8) is 0 Å². The minimum atomic E-state index is -0.109. The molecule has 7 heteroatoms. The van der Waals surface area contributed by atoms with Crippen molar-refractivity contribution in [2.24, 2.45) is 5.92 Å². The molecule has 2 amide bonds. The summed E-state index contributed by atoms with van der Waals surface area (Å²) < 4.78 is 11.2. The van der Waals surface area contributed by atoms with Crippen LogP contribution in [0.25, 0.3) is 0 Å². The van der Waals surface area contributed by atoms with Crippen molar-refractivity contribution in [3.05, 3.63) is 54.1 Å². The molecule has 2 aliphatic rings. The predicted octanol–water partition coefficient (Wildman–Crippen LogP) is 3.69. The number of rotatable bonds is 6. The van der Waals surface area contributed by atoms with Gasteiger partial charge in [0.15, 0.2) is 17.3 Å². The molecular weight excluding hydrogens is 408 g/mol. The van der Waals surface area contributed by atoms with Crippen LogP contribution in [0.4, 0.5) is 5.69 Å². The largest absolute Gasteiger partial charge is 0.490 e. The van der Waals surface area contributed by atoms with Crippen molar-refractivity contribution < 1.29 is 23.9 Å². The van der Waals surface area contributed by atoms with E-state index in [-0.39, 0.29) is 36.4 Å². The van der Waals surface area contributed by atoms with Gasteiger partial charge in [-0.05, 0) is 43.2 Å². The number of hydrogen-bond donors (Lipinski definition) is 1. The lowest BCUT2D eigenvalue weighted by atomic mass is 9.95. The van der Waals surface area contributed by atoms with Gasteiger partial charge in [-0.3, -0.25) is 14.4 Å². The molecule has 1 saturated heterocycles. The molecule has 0 radical (unpaired) electrons. The first-order valence-electron chi connectivity index (χ1n) is 11.2. The number of ether oxygens (including phenoxy) is 2. The number of para-hydroxylation sites is 1. The minimum absolute atomic E-state index is 0.00659. The Kier molecular flexibility index (Phi) is 7.04. The summed E-state index contributed by atoms with van der Waals surface area (Å²) in [6.45, 7) is 2.22. The molecule has 0 aromatic heterocycles. The van der Waals surface area contributed by atoms with Gasteiger partial charge in [0.25, 0.3) is 0 Å². The third kappa shape index (κ3) is 5.46. The lowest BCUT2D eigenvalue weighted by molar-refractivity contribution is -0.134. The summed E-state index contributed by atoms with van der Waals surface area (Å²) in [5.74, 6) is 0.973. The van der Waals surface area contributed by atoms with Gasteiger partial charge in [0, 0.05) is 49.5 Å². The summed E-state index contributed by atoms with van der Waals surface area (Å²) in [5.41, 5.74) is 1.31. The lowest BCUT2D eigenvalue weighted by Gasteiger charge is -2.31. The second-order valence-electron chi connectivity index (χ2n) is 8.15. The van der Waals surface area contributed by atoms with Gasteiger partial charge in [-0.1, -0.05) is 18.2 Å². The van der Waals surface area contributed by atoms with Crippen LogP contribution in [0, 0.1) is 5.92 Å². The molecule has 168 valence electrons. The smallest absolute Gasteiger partial charge is 0.227 e. The summed E-state index contributed by atoms with van der Waals surface area (Å²) in [4.78, 5) is 39.4. The van der Waals surface area contributed by atoms with Crippen LogP contribution in [0.2, 0.25) is 0 Å². The van der Waals surface area contributed by atoms with Crippen molar-refractivity contribution in [1.29, 1.82) is 0 Å². The molecule has 2 heterocycles. The van der Waals surface area contributed by atoms with Crippen molar-refractivity contribution in [3.8, 4) is 11.5 Å². The fourth-order valence-electron chi connectivity index (χ4n) is 4.02. The number of piperidine rings is 1. The SMILES string of the molecule is O=C(CCC(=O)N1CCC(C(=O)Nc2ccccc2)CC1)c1ccc2c(c1)OCCCO2. The van der Waals surface area contributed by atoms with E-state index < -0.39 is 0 Å². The Balaban J connectivity index is 1.23. The zero-order chi connectivity index (χ0) is 22.3. The molecule has 1 fully saturated rings. The molecule has 1 N–H and O–H groups in total. The molecular formula is C25H28N2O5. The Bertz CT molecular complexity index is 968. The molecule has 0 saturated carbocycles. The van der Waals surface area contributed by atoms with E-state index in [0.29, 0.717) is 56.2 Å². The highest BCUT2D eigenvalue weighted by Gasteiger charge is 2.27. The number of amides is 2. The maximum absolute atomic E-state index is 12.6. The lowest BCUT2D eigenvalue weighted by Crippen LogP contribution is -2.41. The highest BCUT2D eigenvalue weighted by atomic mass is 16.5. The van der Waals surface area contributed by atoms with Crippen LogP contribution in [0.1, 0.15) is 42.5 Å². The second-order valence-corrected chi connectivity index (χ2v) is 8.15. The molecule has 7 nitrogen and oxygen atoms in total. The monoisotopic (exact) mass is 436 g/mol. The van der Waals surface area contributed by atoms with Crippen LogP contribution in [-0.2, 0) is 9.59 Å². The van der Waals surface area contributed by atoms with Crippen LogP contribution < -0.4 is 14.8 Å². The fourth-order valence-corrected chi connectivity index (χ4v) is 4.02. The quantitative estimate of drug-likeness (QED) is 0.698. The highest BCUT2D eigenvalue weighted by molar-refractivity contribution is 5.98. The predicted molar refractivity (Wildman–Crippen MR) is 120 cm³/mol. The number of hydrogen-bond acceptors (Lipinski definition) is 5. The van der Waals surface area contributed by atoms with Crippen LogP contribution in [0.5, 0.6) is 11.5 Å². The van der Waals surface area contributed by atoms with Crippen molar-refractivity contribution >= 4 is 23.3 Å². The van der Waals surface area contributed by atoms with Crippen LogP contribution in [0.15, 0.2) is 48.5 Å². The van der Waals surface area contributed by atoms with Gasteiger partial charge in [-0.15, -0.1) is 0 Å². The molecule has 0 bridgehead atoms. The number of fused-ring (bicyclic) bond motifs is 1. The molecule has 4 rings (SSSR count). The summed E-state index contributed by atoms with van der Waals surface area (Å²) >= 11 is 0. The number of ketones is 1. The van der Waals surface area contributed by atoms with E-state index in [2.05, 4.69) is 5.32 Å². The Labute approximate surface area is 187 Å². The van der Waals surface area contributed by atoms with E-state index >= 15 is 0 Å². The summed E-state index contributed by atoms with van der Waals surface area (Å²) in [6, 6.07) is 14.5. The number of Topliss-reactive ketones (excluding diaryl/α,β-unsaturated/α-hetero) is 1. The zero-order valence-electron chi connectivity index (χ0n) is 18.0. The van der Waals surface area contributed by atoms with Gasteiger partial charge in [0.2, 0.25) is 11.8 Å². The number of carbonyl (C=O) groups excluding carboxylic acids is 3. The number of benzene rings is 2. The number of anilines is 1. The summed E-state index contributed by atoms with van der Waals surface area (Å²) in [6.07, 6.45) is 2.36. The van der Waals surface area contributed by atoms with Crippen LogP contribution >= 0.6 is 0 Å². The first-order chi connectivity index (χ1) is 15.6. The van der Waals surface area contributed by atoms with E-state index in [9.17, 15) is 14.4 Å². The van der Waals surface area contributed by atoms with Gasteiger partial charge in [0.1, 0.15) is 0 Å². The van der Waals surface area contributed by atoms with Gasteiger partial charge in [-0.2, -0.15) is 0 Å². The van der Waals surface area contributed by atoms with Crippen molar-refractivity contribution in [2.75, 3.05) is 31.6 Å². The van der Waals surface area contributed by atoms with Crippen LogP contribution in [-0.4, -0.2) is 48.8 Å². The van der Waals surface area contributed by atoms with Gasteiger partial charge >= 0.3 is 0 Å². The maximum atomic E-state index is 12.6.